The van der Waals surface area contributed by atoms with Gasteiger partial charge in [0.05, 0.1) is 28.7 Å². The Bertz CT molecular complexity index is 955. The molecule has 0 bridgehead atoms. The largest absolute Gasteiger partial charge is 0.378 e. The summed E-state index contributed by atoms with van der Waals surface area (Å²) in [5.74, 6) is -0.326. The highest BCUT2D eigenvalue weighted by molar-refractivity contribution is 7.90. The Balaban J connectivity index is 1.72. The minimum atomic E-state index is -3.42. The van der Waals surface area contributed by atoms with Crippen LogP contribution in [0, 0.1) is 0 Å². The molecular formula is C20H23ClN2O4S. The number of halogens is 1. The number of benzene rings is 2. The van der Waals surface area contributed by atoms with Crippen molar-refractivity contribution in [3.63, 3.8) is 0 Å². The topological polar surface area (TPSA) is 66.9 Å². The van der Waals surface area contributed by atoms with E-state index in [9.17, 15) is 13.2 Å². The lowest BCUT2D eigenvalue weighted by Crippen LogP contribution is -2.36. The average molecular weight is 423 g/mol. The van der Waals surface area contributed by atoms with Crippen LogP contribution >= 0.6 is 11.6 Å². The summed E-state index contributed by atoms with van der Waals surface area (Å²) in [7, 11) is -1.75. The monoisotopic (exact) mass is 422 g/mol. The molecule has 150 valence electrons. The van der Waals surface area contributed by atoms with Crippen molar-refractivity contribution in [2.75, 3.05) is 44.5 Å². The maximum absolute atomic E-state index is 12.8. The zero-order valence-electron chi connectivity index (χ0n) is 15.9. The van der Waals surface area contributed by atoms with Gasteiger partial charge in [-0.15, -0.1) is 0 Å². The Labute approximate surface area is 170 Å². The van der Waals surface area contributed by atoms with E-state index in [0.29, 0.717) is 6.54 Å². The van der Waals surface area contributed by atoms with E-state index in [4.69, 9.17) is 16.3 Å². The second-order valence-corrected chi connectivity index (χ2v) is 9.26. The van der Waals surface area contributed by atoms with Gasteiger partial charge >= 0.3 is 0 Å². The highest BCUT2D eigenvalue weighted by Crippen LogP contribution is 2.23. The van der Waals surface area contributed by atoms with Gasteiger partial charge in [-0.2, -0.15) is 0 Å². The highest BCUT2D eigenvalue weighted by atomic mass is 35.5. The fourth-order valence-electron chi connectivity index (χ4n) is 3.08. The molecule has 1 fully saturated rings. The van der Waals surface area contributed by atoms with Crippen LogP contribution in [0.5, 0.6) is 0 Å². The van der Waals surface area contributed by atoms with E-state index in [2.05, 4.69) is 4.90 Å². The molecule has 0 atom stereocenters. The first-order valence-corrected chi connectivity index (χ1v) is 11.2. The number of rotatable bonds is 5. The fourth-order valence-corrected chi connectivity index (χ4v) is 3.93. The number of morpholine rings is 1. The number of amides is 1. The van der Waals surface area contributed by atoms with Crippen LogP contribution in [0.3, 0.4) is 0 Å². The zero-order valence-corrected chi connectivity index (χ0v) is 17.5. The zero-order chi connectivity index (χ0) is 20.3. The van der Waals surface area contributed by atoms with E-state index in [-0.39, 0.29) is 21.4 Å². The number of ether oxygens (including phenoxy) is 1. The molecule has 0 aliphatic carbocycles. The molecule has 1 aliphatic heterocycles. The average Bonchev–Trinajstić information content (AvgIpc) is 2.68. The van der Waals surface area contributed by atoms with Crippen LogP contribution in [-0.4, -0.2) is 58.8 Å². The first-order valence-electron chi connectivity index (χ1n) is 8.92. The number of hydrogen-bond donors (Lipinski definition) is 0. The molecule has 0 saturated carbocycles. The fraction of sp³-hybridized carbons (Fsp3) is 0.350. The van der Waals surface area contributed by atoms with E-state index < -0.39 is 9.84 Å². The Hall–Kier alpha value is -2.09. The summed E-state index contributed by atoms with van der Waals surface area (Å²) in [6.07, 6.45) is 1.10. The number of hydrogen-bond acceptors (Lipinski definition) is 5. The summed E-state index contributed by atoms with van der Waals surface area (Å²) in [5, 5.41) is 0.229. The van der Waals surface area contributed by atoms with E-state index in [1.165, 1.54) is 23.1 Å². The first kappa shape index (κ1) is 20.6. The Morgan fingerprint density at radius 3 is 2.39 bits per heavy atom. The standard InChI is InChI=1S/C20H23ClN2O4S/c1-22(20(24)18-13-17(28(2,25)26)7-8-19(18)21)14-15-3-5-16(6-4-15)23-9-11-27-12-10-23/h3-8,13H,9-12,14H2,1-2H3. The minimum absolute atomic E-state index is 0.0727. The van der Waals surface area contributed by atoms with Gasteiger partial charge in [-0.25, -0.2) is 8.42 Å². The molecule has 1 saturated heterocycles. The summed E-state index contributed by atoms with van der Waals surface area (Å²) >= 11 is 6.14. The number of carbonyl (C=O) groups excluding carboxylic acids is 1. The highest BCUT2D eigenvalue weighted by Gasteiger charge is 2.19. The van der Waals surface area contributed by atoms with Crippen molar-refractivity contribution in [3.8, 4) is 0 Å². The van der Waals surface area contributed by atoms with Crippen LogP contribution in [-0.2, 0) is 21.1 Å². The predicted molar refractivity (Wildman–Crippen MR) is 110 cm³/mol. The lowest BCUT2D eigenvalue weighted by Gasteiger charge is -2.29. The van der Waals surface area contributed by atoms with Crippen molar-refractivity contribution in [1.82, 2.24) is 4.90 Å². The number of nitrogens with zero attached hydrogens (tertiary/aromatic N) is 2. The van der Waals surface area contributed by atoms with E-state index in [1.54, 1.807) is 7.05 Å². The summed E-state index contributed by atoms with van der Waals surface area (Å²) in [5.41, 5.74) is 2.28. The molecule has 0 N–H and O–H groups in total. The predicted octanol–water partition coefficient (Wildman–Crippen LogP) is 2.85. The molecule has 28 heavy (non-hydrogen) atoms. The SMILES string of the molecule is CN(Cc1ccc(N2CCOCC2)cc1)C(=O)c1cc(S(C)(=O)=O)ccc1Cl. The van der Waals surface area contributed by atoms with Gasteiger partial charge < -0.3 is 14.5 Å². The van der Waals surface area contributed by atoms with Crippen LogP contribution in [0.1, 0.15) is 15.9 Å². The molecule has 8 heteroatoms. The Kier molecular flexibility index (Phi) is 6.27. The third kappa shape index (κ3) is 4.84. The molecule has 2 aromatic carbocycles. The summed E-state index contributed by atoms with van der Waals surface area (Å²) < 4.78 is 28.9. The van der Waals surface area contributed by atoms with Crippen molar-refractivity contribution in [3.05, 3.63) is 58.6 Å². The van der Waals surface area contributed by atoms with Crippen LogP contribution in [0.4, 0.5) is 5.69 Å². The second-order valence-electron chi connectivity index (χ2n) is 6.84. The third-order valence-electron chi connectivity index (χ3n) is 4.68. The van der Waals surface area contributed by atoms with Crippen LogP contribution in [0.2, 0.25) is 5.02 Å². The molecule has 1 heterocycles. The summed E-state index contributed by atoms with van der Waals surface area (Å²) in [6.45, 7) is 3.58. The van der Waals surface area contributed by atoms with Crippen LogP contribution < -0.4 is 4.90 Å². The number of sulfone groups is 1. The molecular weight excluding hydrogens is 400 g/mol. The lowest BCUT2D eigenvalue weighted by atomic mass is 10.1. The van der Waals surface area contributed by atoms with Crippen molar-refractivity contribution >= 4 is 33.0 Å². The maximum atomic E-state index is 12.8. The first-order chi connectivity index (χ1) is 13.3. The summed E-state index contributed by atoms with van der Waals surface area (Å²) in [6, 6.07) is 12.2. The Morgan fingerprint density at radius 1 is 1.14 bits per heavy atom. The van der Waals surface area contributed by atoms with Gasteiger partial charge in [-0.3, -0.25) is 4.79 Å². The number of carbonyl (C=O) groups is 1. The molecule has 0 aromatic heterocycles. The van der Waals surface area contributed by atoms with Gasteiger partial charge in [0.25, 0.3) is 5.91 Å². The molecule has 0 unspecified atom stereocenters. The molecule has 0 radical (unpaired) electrons. The van der Waals surface area contributed by atoms with Crippen molar-refractivity contribution < 1.29 is 17.9 Å². The smallest absolute Gasteiger partial charge is 0.255 e. The van der Waals surface area contributed by atoms with Gasteiger partial charge in [0.2, 0.25) is 0 Å². The van der Waals surface area contributed by atoms with Crippen molar-refractivity contribution in [1.29, 1.82) is 0 Å². The molecule has 0 spiro atoms. The van der Waals surface area contributed by atoms with Crippen molar-refractivity contribution in [2.45, 2.75) is 11.4 Å². The lowest BCUT2D eigenvalue weighted by molar-refractivity contribution is 0.0785. The molecule has 2 aromatic rings. The van der Waals surface area contributed by atoms with E-state index in [1.807, 2.05) is 24.3 Å². The quantitative estimate of drug-likeness (QED) is 0.741. The van der Waals surface area contributed by atoms with Gasteiger partial charge in [0.15, 0.2) is 9.84 Å². The van der Waals surface area contributed by atoms with Gasteiger partial charge in [0, 0.05) is 38.6 Å². The summed E-state index contributed by atoms with van der Waals surface area (Å²) in [4.78, 5) is 16.6. The van der Waals surface area contributed by atoms with Crippen LogP contribution in [0.25, 0.3) is 0 Å². The van der Waals surface area contributed by atoms with Gasteiger partial charge in [-0.05, 0) is 35.9 Å². The molecule has 3 rings (SSSR count). The van der Waals surface area contributed by atoms with Crippen LogP contribution in [0.15, 0.2) is 47.4 Å². The molecule has 1 aliphatic rings. The Morgan fingerprint density at radius 2 is 1.79 bits per heavy atom. The van der Waals surface area contributed by atoms with E-state index >= 15 is 0 Å². The second kappa shape index (κ2) is 8.51. The van der Waals surface area contributed by atoms with E-state index in [0.717, 1.165) is 43.8 Å². The minimum Gasteiger partial charge on any atom is -0.378 e. The van der Waals surface area contributed by atoms with Gasteiger partial charge in [0.1, 0.15) is 0 Å². The maximum Gasteiger partial charge on any atom is 0.255 e. The third-order valence-corrected chi connectivity index (χ3v) is 6.12. The molecule has 6 nitrogen and oxygen atoms in total. The molecule has 1 amide bonds. The van der Waals surface area contributed by atoms with Gasteiger partial charge in [-0.1, -0.05) is 23.7 Å². The normalized spacial score (nSPS) is 14.8. The number of anilines is 1. The van der Waals surface area contributed by atoms with Crippen molar-refractivity contribution in [2.24, 2.45) is 0 Å².